The van der Waals surface area contributed by atoms with Crippen molar-refractivity contribution in [2.45, 2.75) is 37.9 Å². The summed E-state index contributed by atoms with van der Waals surface area (Å²) in [6.45, 7) is 3.38. The maximum absolute atomic E-state index is 12.7. The van der Waals surface area contributed by atoms with Crippen LogP contribution >= 0.6 is 0 Å². The molecule has 0 spiro atoms. The maximum atomic E-state index is 12.7. The van der Waals surface area contributed by atoms with E-state index in [9.17, 15) is 13.2 Å². The van der Waals surface area contributed by atoms with Crippen LogP contribution in [-0.2, 0) is 11.6 Å². The van der Waals surface area contributed by atoms with Gasteiger partial charge in [0.25, 0.3) is 0 Å². The van der Waals surface area contributed by atoms with E-state index in [0.29, 0.717) is 12.0 Å². The Kier molecular flexibility index (Phi) is 4.40. The number of alkyl halides is 3. The first-order chi connectivity index (χ1) is 8.21. The van der Waals surface area contributed by atoms with Crippen molar-refractivity contribution in [1.29, 1.82) is 0 Å². The van der Waals surface area contributed by atoms with Gasteiger partial charge in [-0.05, 0) is 25.0 Å². The molecule has 0 heterocycles. The zero-order chi connectivity index (χ0) is 14.0. The molecule has 0 aromatic heterocycles. The Bertz CT molecular complexity index is 403. The van der Waals surface area contributed by atoms with Gasteiger partial charge in [0.05, 0.1) is 5.56 Å². The van der Waals surface area contributed by atoms with E-state index in [1.54, 1.807) is 19.9 Å². The molecule has 0 bridgehead atoms. The molecule has 5 heteroatoms. The number of benzene rings is 1. The van der Waals surface area contributed by atoms with E-state index in [0.717, 1.165) is 12.1 Å². The lowest BCUT2D eigenvalue weighted by atomic mass is 9.74. The van der Waals surface area contributed by atoms with Crippen LogP contribution in [0.2, 0.25) is 0 Å². The first-order valence-corrected chi connectivity index (χ1v) is 5.76. The smallest absolute Gasteiger partial charge is 0.396 e. The SMILES string of the molecule is CC(N)C(C)(CCO)c1cccc(C(F)(F)F)c1. The minimum absolute atomic E-state index is 0.117. The fourth-order valence-corrected chi connectivity index (χ4v) is 1.92. The molecule has 3 N–H and O–H groups in total. The second-order valence-electron chi connectivity index (χ2n) is 4.76. The van der Waals surface area contributed by atoms with Gasteiger partial charge in [0.2, 0.25) is 0 Å². The number of aliphatic hydroxyl groups excluding tert-OH is 1. The van der Waals surface area contributed by atoms with Crippen LogP contribution in [0.25, 0.3) is 0 Å². The molecule has 0 saturated heterocycles. The third-order valence-corrected chi connectivity index (χ3v) is 3.49. The van der Waals surface area contributed by atoms with Gasteiger partial charge in [0, 0.05) is 18.1 Å². The molecule has 1 aromatic rings. The van der Waals surface area contributed by atoms with Gasteiger partial charge in [-0.2, -0.15) is 13.2 Å². The zero-order valence-corrected chi connectivity index (χ0v) is 10.5. The van der Waals surface area contributed by atoms with E-state index in [4.69, 9.17) is 10.8 Å². The van der Waals surface area contributed by atoms with Crippen LogP contribution in [0.1, 0.15) is 31.4 Å². The summed E-state index contributed by atoms with van der Waals surface area (Å²) in [4.78, 5) is 0. The van der Waals surface area contributed by atoms with Crippen molar-refractivity contribution in [3.05, 3.63) is 35.4 Å². The van der Waals surface area contributed by atoms with Crippen molar-refractivity contribution >= 4 is 0 Å². The summed E-state index contributed by atoms with van der Waals surface area (Å²) in [5, 5.41) is 9.06. The molecule has 0 fully saturated rings. The average molecular weight is 261 g/mol. The summed E-state index contributed by atoms with van der Waals surface area (Å²) in [5.74, 6) is 0. The lowest BCUT2D eigenvalue weighted by molar-refractivity contribution is -0.137. The van der Waals surface area contributed by atoms with Crippen LogP contribution in [-0.4, -0.2) is 17.8 Å². The number of rotatable bonds is 4. The monoisotopic (exact) mass is 261 g/mol. The van der Waals surface area contributed by atoms with E-state index in [-0.39, 0.29) is 12.6 Å². The van der Waals surface area contributed by atoms with Gasteiger partial charge in [-0.15, -0.1) is 0 Å². The minimum Gasteiger partial charge on any atom is -0.396 e. The second-order valence-corrected chi connectivity index (χ2v) is 4.76. The van der Waals surface area contributed by atoms with E-state index in [1.807, 2.05) is 0 Å². The van der Waals surface area contributed by atoms with Gasteiger partial charge >= 0.3 is 6.18 Å². The predicted molar refractivity (Wildman–Crippen MR) is 64.1 cm³/mol. The standard InChI is InChI=1S/C13H18F3NO/c1-9(17)12(2,6-7-18)10-4-3-5-11(8-10)13(14,15)16/h3-5,8-9,18H,6-7,17H2,1-2H3. The highest BCUT2D eigenvalue weighted by atomic mass is 19.4. The molecule has 2 nitrogen and oxygen atoms in total. The third kappa shape index (κ3) is 3.03. The lowest BCUT2D eigenvalue weighted by Gasteiger charge is -2.34. The molecule has 2 unspecified atom stereocenters. The Morgan fingerprint density at radius 1 is 1.28 bits per heavy atom. The Morgan fingerprint density at radius 3 is 2.28 bits per heavy atom. The van der Waals surface area contributed by atoms with Crippen LogP contribution in [0.4, 0.5) is 13.2 Å². The number of nitrogens with two attached hydrogens (primary N) is 1. The third-order valence-electron chi connectivity index (χ3n) is 3.49. The van der Waals surface area contributed by atoms with Crippen molar-refractivity contribution in [3.63, 3.8) is 0 Å². The predicted octanol–water partition coefficient (Wildman–Crippen LogP) is 2.69. The van der Waals surface area contributed by atoms with Crippen LogP contribution in [0.3, 0.4) is 0 Å². The van der Waals surface area contributed by atoms with Crippen LogP contribution in [0.5, 0.6) is 0 Å². The minimum atomic E-state index is -4.37. The molecule has 18 heavy (non-hydrogen) atoms. The molecule has 0 aliphatic rings. The maximum Gasteiger partial charge on any atom is 0.416 e. The highest BCUT2D eigenvalue weighted by Gasteiger charge is 2.35. The summed E-state index contributed by atoms with van der Waals surface area (Å²) in [6.07, 6.45) is -4.04. The number of aliphatic hydroxyl groups is 1. The summed E-state index contributed by atoms with van der Waals surface area (Å²) >= 11 is 0. The van der Waals surface area contributed by atoms with Crippen LogP contribution < -0.4 is 5.73 Å². The summed E-state index contributed by atoms with van der Waals surface area (Å²) < 4.78 is 38.0. The molecule has 0 aliphatic heterocycles. The van der Waals surface area contributed by atoms with Gasteiger partial charge in [-0.25, -0.2) is 0 Å². The highest BCUT2D eigenvalue weighted by molar-refractivity contribution is 5.32. The Hall–Kier alpha value is -1.07. The second kappa shape index (κ2) is 5.28. The molecule has 0 saturated carbocycles. The van der Waals surface area contributed by atoms with E-state index in [2.05, 4.69) is 0 Å². The van der Waals surface area contributed by atoms with Gasteiger partial charge in [0.1, 0.15) is 0 Å². The number of halogens is 3. The normalized spacial score (nSPS) is 17.3. The summed E-state index contributed by atoms with van der Waals surface area (Å²) in [5.41, 5.74) is 5.00. The summed E-state index contributed by atoms with van der Waals surface area (Å²) in [7, 11) is 0. The molecule has 1 rings (SSSR count). The van der Waals surface area contributed by atoms with Crippen molar-refractivity contribution in [2.75, 3.05) is 6.61 Å². The van der Waals surface area contributed by atoms with E-state index >= 15 is 0 Å². The zero-order valence-electron chi connectivity index (χ0n) is 10.5. The quantitative estimate of drug-likeness (QED) is 0.875. The van der Waals surface area contributed by atoms with E-state index in [1.165, 1.54) is 6.07 Å². The Balaban J connectivity index is 3.22. The number of hydrogen-bond donors (Lipinski definition) is 2. The van der Waals surface area contributed by atoms with Gasteiger partial charge in [-0.3, -0.25) is 0 Å². The largest absolute Gasteiger partial charge is 0.416 e. The first kappa shape index (κ1) is 15.0. The topological polar surface area (TPSA) is 46.2 Å². The molecule has 102 valence electrons. The molecule has 2 atom stereocenters. The van der Waals surface area contributed by atoms with Crippen LogP contribution in [0, 0.1) is 0 Å². The molecular weight excluding hydrogens is 243 g/mol. The first-order valence-electron chi connectivity index (χ1n) is 5.76. The number of hydrogen-bond acceptors (Lipinski definition) is 2. The van der Waals surface area contributed by atoms with Gasteiger partial charge in [0.15, 0.2) is 0 Å². The molecule has 0 aliphatic carbocycles. The van der Waals surface area contributed by atoms with Crippen LogP contribution in [0.15, 0.2) is 24.3 Å². The van der Waals surface area contributed by atoms with Crippen molar-refractivity contribution in [1.82, 2.24) is 0 Å². The van der Waals surface area contributed by atoms with Gasteiger partial charge < -0.3 is 10.8 Å². The Labute approximate surface area is 105 Å². The van der Waals surface area contributed by atoms with Crippen molar-refractivity contribution in [2.24, 2.45) is 5.73 Å². The fraction of sp³-hybridized carbons (Fsp3) is 0.538. The molecule has 1 aromatic carbocycles. The Morgan fingerprint density at radius 2 is 1.83 bits per heavy atom. The lowest BCUT2D eigenvalue weighted by Crippen LogP contribution is -2.41. The van der Waals surface area contributed by atoms with Crippen molar-refractivity contribution in [3.8, 4) is 0 Å². The van der Waals surface area contributed by atoms with Crippen molar-refractivity contribution < 1.29 is 18.3 Å². The average Bonchev–Trinajstić information content (AvgIpc) is 2.28. The summed E-state index contributed by atoms with van der Waals surface area (Å²) in [6, 6.07) is 4.78. The molecule has 0 amide bonds. The fourth-order valence-electron chi connectivity index (χ4n) is 1.92. The van der Waals surface area contributed by atoms with Gasteiger partial charge in [-0.1, -0.05) is 25.1 Å². The molecule has 0 radical (unpaired) electrons. The molecular formula is C13H18F3NO. The van der Waals surface area contributed by atoms with E-state index < -0.39 is 17.2 Å². The highest BCUT2D eigenvalue weighted by Crippen LogP contribution is 2.35.